The van der Waals surface area contributed by atoms with Crippen molar-refractivity contribution >= 4 is 27.3 Å². The summed E-state index contributed by atoms with van der Waals surface area (Å²) in [6.45, 7) is 0. The normalized spacial score (nSPS) is 13.6. The fraction of sp³-hybridized carbons (Fsp3) is 0.167. The Morgan fingerprint density at radius 3 is 2.39 bits per heavy atom. The molecule has 1 heterocycles. The van der Waals surface area contributed by atoms with Crippen molar-refractivity contribution in [3.05, 3.63) is 57.5 Å². The Labute approximate surface area is 113 Å². The van der Waals surface area contributed by atoms with Gasteiger partial charge in [0, 0.05) is 10.4 Å². The van der Waals surface area contributed by atoms with Gasteiger partial charge in [0.25, 0.3) is 0 Å². The zero-order chi connectivity index (χ0) is 13.3. The first-order valence-corrected chi connectivity index (χ1v) is 6.74. The number of rotatable bonds is 2. The van der Waals surface area contributed by atoms with Gasteiger partial charge in [0.1, 0.15) is 5.82 Å². The van der Waals surface area contributed by atoms with E-state index >= 15 is 0 Å². The first-order chi connectivity index (χ1) is 8.41. The Balaban J connectivity index is 2.47. The highest BCUT2D eigenvalue weighted by molar-refractivity contribution is 9.09. The van der Waals surface area contributed by atoms with Gasteiger partial charge in [-0.1, -0.05) is 34.1 Å². The van der Waals surface area contributed by atoms with Crippen LogP contribution < -0.4 is 0 Å². The summed E-state index contributed by atoms with van der Waals surface area (Å²) in [7, 11) is 0. The van der Waals surface area contributed by atoms with Gasteiger partial charge in [0.15, 0.2) is 0 Å². The molecule has 6 heteroatoms. The van der Waals surface area contributed by atoms with Crippen molar-refractivity contribution in [1.82, 2.24) is 0 Å². The van der Waals surface area contributed by atoms with E-state index in [1.165, 1.54) is 23.5 Å². The average Bonchev–Trinajstić information content (AvgIpc) is 2.80. The van der Waals surface area contributed by atoms with Crippen molar-refractivity contribution < 1.29 is 17.6 Å². The topological polar surface area (TPSA) is 0 Å². The van der Waals surface area contributed by atoms with E-state index in [2.05, 4.69) is 15.9 Å². The van der Waals surface area contributed by atoms with Crippen LogP contribution in [0.15, 0.2) is 35.7 Å². The van der Waals surface area contributed by atoms with Crippen LogP contribution >= 0.6 is 27.3 Å². The third-order valence-corrected chi connectivity index (χ3v) is 4.63. The molecule has 0 saturated carbocycles. The molecule has 96 valence electrons. The highest BCUT2D eigenvalue weighted by Crippen LogP contribution is 2.39. The van der Waals surface area contributed by atoms with Gasteiger partial charge in [-0.25, -0.2) is 4.39 Å². The van der Waals surface area contributed by atoms with Gasteiger partial charge in [-0.05, 0) is 17.5 Å². The van der Waals surface area contributed by atoms with Crippen LogP contribution in [-0.4, -0.2) is 0 Å². The number of hydrogen-bond donors (Lipinski definition) is 0. The van der Waals surface area contributed by atoms with E-state index in [1.807, 2.05) is 0 Å². The molecule has 18 heavy (non-hydrogen) atoms. The second kappa shape index (κ2) is 5.01. The van der Waals surface area contributed by atoms with Crippen molar-refractivity contribution in [1.29, 1.82) is 0 Å². The first-order valence-electron chi connectivity index (χ1n) is 4.94. The quantitative estimate of drug-likeness (QED) is 0.508. The third kappa shape index (κ3) is 2.59. The highest BCUT2D eigenvalue weighted by atomic mass is 79.9. The molecule has 1 aromatic carbocycles. The summed E-state index contributed by atoms with van der Waals surface area (Å²) in [6.07, 6.45) is -4.68. The maximum absolute atomic E-state index is 13.9. The van der Waals surface area contributed by atoms with Crippen LogP contribution in [0.4, 0.5) is 17.6 Å². The molecule has 0 bridgehead atoms. The molecule has 0 aliphatic rings. The third-order valence-electron chi connectivity index (χ3n) is 2.40. The molecule has 2 rings (SSSR count). The Hall–Kier alpha value is -0.880. The van der Waals surface area contributed by atoms with Crippen molar-refractivity contribution in [3.8, 4) is 0 Å². The standard InChI is InChI=1S/C12H7BrF4S/c13-10(9-5-2-6-18-9)7-3-1-4-8(11(7)14)12(15,16)17/h1-6,10H. The van der Waals surface area contributed by atoms with Crippen LogP contribution in [-0.2, 0) is 6.18 Å². The summed E-state index contributed by atoms with van der Waals surface area (Å²) in [4.78, 5) is 0.188. The second-order valence-corrected chi connectivity index (χ2v) is 5.48. The molecular formula is C12H7BrF4S. The van der Waals surface area contributed by atoms with E-state index in [9.17, 15) is 17.6 Å². The van der Waals surface area contributed by atoms with Crippen LogP contribution in [0.1, 0.15) is 20.8 Å². The highest BCUT2D eigenvalue weighted by Gasteiger charge is 2.35. The summed E-state index contributed by atoms with van der Waals surface area (Å²) in [5.41, 5.74) is -1.24. The zero-order valence-corrected chi connectivity index (χ0v) is 11.2. The molecule has 1 aromatic heterocycles. The summed E-state index contributed by atoms with van der Waals surface area (Å²) < 4.78 is 51.6. The lowest BCUT2D eigenvalue weighted by molar-refractivity contribution is -0.140. The minimum atomic E-state index is -4.68. The minimum Gasteiger partial charge on any atom is -0.206 e. The van der Waals surface area contributed by atoms with Gasteiger partial charge in [0.2, 0.25) is 0 Å². The average molecular weight is 339 g/mol. The van der Waals surface area contributed by atoms with Crippen LogP contribution in [0.5, 0.6) is 0 Å². The molecule has 0 saturated heterocycles. The lowest BCUT2D eigenvalue weighted by Gasteiger charge is -2.14. The summed E-state index contributed by atoms with van der Waals surface area (Å²) in [6, 6.07) is 6.81. The number of thiophene rings is 1. The Kier molecular flexibility index (Phi) is 3.77. The second-order valence-electron chi connectivity index (χ2n) is 3.58. The summed E-state index contributed by atoms with van der Waals surface area (Å²) >= 11 is 4.58. The van der Waals surface area contributed by atoms with Gasteiger partial charge in [-0.15, -0.1) is 11.3 Å². The molecule has 0 fully saturated rings. The molecule has 0 amide bonds. The van der Waals surface area contributed by atoms with E-state index in [0.717, 1.165) is 10.9 Å². The predicted molar refractivity (Wildman–Crippen MR) is 66.5 cm³/mol. The summed E-state index contributed by atoms with van der Waals surface area (Å²) in [5, 5.41) is 1.79. The van der Waals surface area contributed by atoms with Crippen molar-refractivity contribution in [2.45, 2.75) is 11.0 Å². The zero-order valence-electron chi connectivity index (χ0n) is 8.84. The molecule has 0 radical (unpaired) electrons. The predicted octanol–water partition coefficient (Wildman–Crippen LogP) is 5.39. The lowest BCUT2D eigenvalue weighted by atomic mass is 10.1. The van der Waals surface area contributed by atoms with Crippen LogP contribution in [0.2, 0.25) is 0 Å². The maximum atomic E-state index is 13.9. The van der Waals surface area contributed by atoms with Gasteiger partial charge < -0.3 is 0 Å². The van der Waals surface area contributed by atoms with Gasteiger partial charge in [-0.3, -0.25) is 0 Å². The van der Waals surface area contributed by atoms with E-state index in [0.29, 0.717) is 0 Å². The molecule has 0 aliphatic carbocycles. The SMILES string of the molecule is Fc1c(C(Br)c2cccs2)cccc1C(F)(F)F. The van der Waals surface area contributed by atoms with E-state index in [1.54, 1.807) is 17.5 Å². The molecule has 1 atom stereocenters. The smallest absolute Gasteiger partial charge is 0.206 e. The molecule has 0 spiro atoms. The monoisotopic (exact) mass is 338 g/mol. The van der Waals surface area contributed by atoms with E-state index in [-0.39, 0.29) is 5.56 Å². The molecule has 1 unspecified atom stereocenters. The maximum Gasteiger partial charge on any atom is 0.419 e. The Bertz CT molecular complexity index is 534. The summed E-state index contributed by atoms with van der Waals surface area (Å²) in [5.74, 6) is -1.22. The number of benzene rings is 1. The fourth-order valence-corrected chi connectivity index (χ4v) is 3.10. The first kappa shape index (κ1) is 13.5. The van der Waals surface area contributed by atoms with E-state index < -0.39 is 22.4 Å². The largest absolute Gasteiger partial charge is 0.419 e. The van der Waals surface area contributed by atoms with Crippen LogP contribution in [0, 0.1) is 5.82 Å². The Morgan fingerprint density at radius 2 is 1.83 bits per heavy atom. The van der Waals surface area contributed by atoms with Gasteiger partial charge in [-0.2, -0.15) is 13.2 Å². The molecule has 0 N–H and O–H groups in total. The minimum absolute atomic E-state index is 0.00715. The van der Waals surface area contributed by atoms with Crippen molar-refractivity contribution in [2.75, 3.05) is 0 Å². The lowest BCUT2D eigenvalue weighted by Crippen LogP contribution is -2.10. The van der Waals surface area contributed by atoms with Crippen molar-refractivity contribution in [2.24, 2.45) is 0 Å². The molecule has 0 nitrogen and oxygen atoms in total. The number of alkyl halides is 4. The fourth-order valence-electron chi connectivity index (χ4n) is 1.55. The molecule has 2 aromatic rings. The van der Waals surface area contributed by atoms with Crippen LogP contribution in [0.25, 0.3) is 0 Å². The number of hydrogen-bond acceptors (Lipinski definition) is 1. The van der Waals surface area contributed by atoms with E-state index in [4.69, 9.17) is 0 Å². The van der Waals surface area contributed by atoms with Crippen LogP contribution in [0.3, 0.4) is 0 Å². The Morgan fingerprint density at radius 1 is 1.11 bits per heavy atom. The van der Waals surface area contributed by atoms with Crippen molar-refractivity contribution in [3.63, 3.8) is 0 Å². The molecular weight excluding hydrogens is 332 g/mol. The van der Waals surface area contributed by atoms with Gasteiger partial charge >= 0.3 is 6.18 Å². The number of halogens is 5. The molecule has 0 aliphatic heterocycles. The van der Waals surface area contributed by atoms with Gasteiger partial charge in [0.05, 0.1) is 10.4 Å².